The van der Waals surface area contributed by atoms with E-state index in [-0.39, 0.29) is 23.8 Å². The number of aromatic nitrogens is 3. The number of aryl methyl sites for hydroxylation is 1. The Balaban J connectivity index is 1.84. The largest absolute Gasteiger partial charge is 0.491 e. The fourth-order valence-electron chi connectivity index (χ4n) is 3.62. The summed E-state index contributed by atoms with van der Waals surface area (Å²) in [7, 11) is 1.47. The third-order valence-corrected chi connectivity index (χ3v) is 5.33. The summed E-state index contributed by atoms with van der Waals surface area (Å²) in [4.78, 5) is 24.6. The van der Waals surface area contributed by atoms with Crippen LogP contribution in [0.15, 0.2) is 28.8 Å². The van der Waals surface area contributed by atoms with Crippen molar-refractivity contribution >= 4 is 11.8 Å². The number of nitrogens with zero attached hydrogens (tertiary/aromatic N) is 3. The van der Waals surface area contributed by atoms with Gasteiger partial charge in [0.2, 0.25) is 0 Å². The van der Waals surface area contributed by atoms with Crippen LogP contribution in [0.2, 0.25) is 0 Å². The number of hydrogen-bond acceptors (Lipinski definition) is 7. The Bertz CT molecular complexity index is 1320. The highest BCUT2D eigenvalue weighted by atomic mass is 16.5. The highest BCUT2D eigenvalue weighted by Crippen LogP contribution is 2.35. The summed E-state index contributed by atoms with van der Waals surface area (Å²) in [5.74, 6) is 5.28. The van der Waals surface area contributed by atoms with Gasteiger partial charge >= 0.3 is 0 Å². The van der Waals surface area contributed by atoms with Gasteiger partial charge < -0.3 is 25.4 Å². The molecule has 3 aromatic rings. The quantitative estimate of drug-likeness (QED) is 0.512. The molecule has 1 aliphatic heterocycles. The predicted molar refractivity (Wildman–Crippen MR) is 117 cm³/mol. The molecule has 10 heteroatoms. The van der Waals surface area contributed by atoms with Crippen LogP contribution in [0, 0.1) is 18.8 Å². The number of aliphatic hydroxyl groups is 1. The number of hydrogen-bond donors (Lipinski definition) is 3. The molecule has 3 heterocycles. The van der Waals surface area contributed by atoms with Gasteiger partial charge in [-0.05, 0) is 32.0 Å². The zero-order valence-electron chi connectivity index (χ0n) is 18.6. The van der Waals surface area contributed by atoms with Crippen molar-refractivity contribution in [2.45, 2.75) is 32.3 Å². The van der Waals surface area contributed by atoms with Gasteiger partial charge in [0.1, 0.15) is 22.9 Å². The smallest absolute Gasteiger partial charge is 0.270 e. The molecule has 2 amide bonds. The Morgan fingerprint density at radius 3 is 2.76 bits per heavy atom. The Morgan fingerprint density at radius 2 is 2.12 bits per heavy atom. The second-order valence-electron chi connectivity index (χ2n) is 8.00. The van der Waals surface area contributed by atoms with Gasteiger partial charge in [-0.15, -0.1) is 0 Å². The Kier molecular flexibility index (Phi) is 5.43. The summed E-state index contributed by atoms with van der Waals surface area (Å²) in [5.41, 5.74) is 5.85. The number of primary amides is 1. The summed E-state index contributed by atoms with van der Waals surface area (Å²) in [6, 6.07) is 6.78. The summed E-state index contributed by atoms with van der Waals surface area (Å²) in [5, 5.41) is 21.4. The molecule has 0 fully saturated rings. The first-order valence-electron chi connectivity index (χ1n) is 10.2. The number of benzene rings is 1. The lowest BCUT2D eigenvalue weighted by Gasteiger charge is -2.12. The van der Waals surface area contributed by atoms with E-state index in [1.54, 1.807) is 31.2 Å². The fraction of sp³-hybridized carbons (Fsp3) is 0.304. The average molecular weight is 449 g/mol. The first kappa shape index (κ1) is 22.1. The van der Waals surface area contributed by atoms with Crippen LogP contribution in [0.5, 0.6) is 5.75 Å². The van der Waals surface area contributed by atoms with E-state index in [4.69, 9.17) is 15.0 Å². The van der Waals surface area contributed by atoms with Crippen molar-refractivity contribution < 1.29 is 24.0 Å². The number of nitrogens with one attached hydrogen (secondary N) is 1. The second kappa shape index (κ2) is 8.11. The van der Waals surface area contributed by atoms with E-state index >= 15 is 0 Å². The Labute approximate surface area is 189 Å². The molecule has 2 atom stereocenters. The monoisotopic (exact) mass is 449 g/mol. The minimum Gasteiger partial charge on any atom is -0.491 e. The van der Waals surface area contributed by atoms with Crippen molar-refractivity contribution in [2.24, 2.45) is 5.73 Å². The molecular weight excluding hydrogens is 426 g/mol. The van der Waals surface area contributed by atoms with Crippen molar-refractivity contribution in [1.29, 1.82) is 0 Å². The minimum absolute atomic E-state index is 0.120. The van der Waals surface area contributed by atoms with Crippen LogP contribution < -0.4 is 15.8 Å². The topological polar surface area (TPSA) is 146 Å². The number of carbonyl (C=O) groups excluding carboxylic acids is 2. The summed E-state index contributed by atoms with van der Waals surface area (Å²) < 4.78 is 12.4. The van der Waals surface area contributed by atoms with Gasteiger partial charge in [0.15, 0.2) is 11.3 Å². The number of fused-ring (bicyclic) bond motifs is 3. The van der Waals surface area contributed by atoms with E-state index in [9.17, 15) is 14.7 Å². The SMILES string of the molecule is CNC(=O)c1c(C(N)=O)nn2c1[C@H](C)COc1ccc(C#C[C@@](C)(O)c3cc(C)on3)cc1-2. The fourth-order valence-corrected chi connectivity index (χ4v) is 3.62. The van der Waals surface area contributed by atoms with Gasteiger partial charge in [0, 0.05) is 24.6 Å². The Morgan fingerprint density at radius 1 is 1.36 bits per heavy atom. The van der Waals surface area contributed by atoms with E-state index in [1.165, 1.54) is 18.7 Å². The van der Waals surface area contributed by atoms with Crippen LogP contribution >= 0.6 is 0 Å². The zero-order valence-corrected chi connectivity index (χ0v) is 18.6. The lowest BCUT2D eigenvalue weighted by Crippen LogP contribution is -2.25. The molecule has 0 saturated carbocycles. The predicted octanol–water partition coefficient (Wildman–Crippen LogP) is 1.38. The molecule has 0 saturated heterocycles. The van der Waals surface area contributed by atoms with E-state index in [0.29, 0.717) is 34.1 Å². The third kappa shape index (κ3) is 3.94. The molecule has 10 nitrogen and oxygen atoms in total. The maximum absolute atomic E-state index is 12.6. The van der Waals surface area contributed by atoms with Gasteiger partial charge in [0.05, 0.1) is 17.9 Å². The van der Waals surface area contributed by atoms with Crippen LogP contribution in [0.4, 0.5) is 0 Å². The van der Waals surface area contributed by atoms with E-state index in [1.807, 2.05) is 6.92 Å². The lowest BCUT2D eigenvalue weighted by atomic mass is 10.0. The molecule has 0 aliphatic carbocycles. The van der Waals surface area contributed by atoms with E-state index < -0.39 is 17.4 Å². The van der Waals surface area contributed by atoms with Gasteiger partial charge in [-0.2, -0.15) is 5.10 Å². The highest BCUT2D eigenvalue weighted by Gasteiger charge is 2.33. The molecule has 0 radical (unpaired) electrons. The van der Waals surface area contributed by atoms with Crippen LogP contribution in [0.25, 0.3) is 5.69 Å². The van der Waals surface area contributed by atoms with Crippen molar-refractivity contribution in [3.63, 3.8) is 0 Å². The normalized spacial score (nSPS) is 16.2. The summed E-state index contributed by atoms with van der Waals surface area (Å²) in [6.07, 6.45) is 0. The maximum atomic E-state index is 12.6. The molecule has 4 N–H and O–H groups in total. The average Bonchev–Trinajstić information content (AvgIpc) is 3.37. The lowest BCUT2D eigenvalue weighted by molar-refractivity contribution is 0.0941. The van der Waals surface area contributed by atoms with E-state index in [2.05, 4.69) is 27.4 Å². The van der Waals surface area contributed by atoms with Crippen LogP contribution in [0.1, 0.15) is 63.3 Å². The molecule has 4 rings (SSSR count). The third-order valence-electron chi connectivity index (χ3n) is 5.33. The first-order valence-corrected chi connectivity index (χ1v) is 10.2. The molecule has 0 unspecified atom stereocenters. The number of ether oxygens (including phenoxy) is 1. The van der Waals surface area contributed by atoms with Crippen molar-refractivity contribution in [2.75, 3.05) is 13.7 Å². The molecule has 0 bridgehead atoms. The van der Waals surface area contributed by atoms with Crippen LogP contribution in [-0.4, -0.2) is 45.5 Å². The minimum atomic E-state index is -1.53. The molecule has 33 heavy (non-hydrogen) atoms. The van der Waals surface area contributed by atoms with Gasteiger partial charge in [-0.1, -0.05) is 23.9 Å². The Hall–Kier alpha value is -4.10. The number of carbonyl (C=O) groups is 2. The summed E-state index contributed by atoms with van der Waals surface area (Å²) >= 11 is 0. The number of amides is 2. The van der Waals surface area contributed by atoms with Crippen molar-refractivity contribution in [1.82, 2.24) is 20.3 Å². The van der Waals surface area contributed by atoms with E-state index in [0.717, 1.165) is 0 Å². The standard InChI is InChI=1S/C23H23N5O5/c1-12-11-32-16-6-5-14(7-8-23(3,31)17-9-13(2)33-27-17)10-15(16)28-20(12)18(22(30)25-4)19(26-28)21(24)29/h5-6,9-10,12,31H,11H2,1-4H3,(H2,24,29)(H,25,30)/t12-,23-/m1/s1. The van der Waals surface area contributed by atoms with Crippen LogP contribution in [0.3, 0.4) is 0 Å². The molecular formula is C23H23N5O5. The molecule has 1 aromatic carbocycles. The van der Waals surface area contributed by atoms with Gasteiger partial charge in [-0.3, -0.25) is 9.59 Å². The highest BCUT2D eigenvalue weighted by molar-refractivity contribution is 6.06. The zero-order chi connectivity index (χ0) is 23.9. The number of rotatable bonds is 3. The van der Waals surface area contributed by atoms with Gasteiger partial charge in [-0.25, -0.2) is 4.68 Å². The second-order valence-corrected chi connectivity index (χ2v) is 8.00. The molecule has 1 aliphatic rings. The van der Waals surface area contributed by atoms with Crippen LogP contribution in [-0.2, 0) is 5.60 Å². The first-order chi connectivity index (χ1) is 15.6. The molecule has 2 aromatic heterocycles. The molecule has 0 spiro atoms. The summed E-state index contributed by atoms with van der Waals surface area (Å²) in [6.45, 7) is 5.38. The maximum Gasteiger partial charge on any atom is 0.270 e. The number of nitrogens with two attached hydrogens (primary N) is 1. The van der Waals surface area contributed by atoms with Crippen molar-refractivity contribution in [3.8, 4) is 23.3 Å². The van der Waals surface area contributed by atoms with Crippen molar-refractivity contribution in [3.05, 3.63) is 58.2 Å². The van der Waals surface area contributed by atoms with Gasteiger partial charge in [0.25, 0.3) is 11.8 Å². The molecule has 170 valence electrons.